The molecule has 1 saturated heterocycles. The number of esters is 1. The van der Waals surface area contributed by atoms with Gasteiger partial charge in [0, 0.05) is 12.8 Å². The smallest absolute Gasteiger partial charge is 0.306 e. The van der Waals surface area contributed by atoms with Gasteiger partial charge in [-0.05, 0) is 15.4 Å². The van der Waals surface area contributed by atoms with Crippen molar-refractivity contribution in [2.45, 2.75) is 49.1 Å². The molecule has 28 heavy (non-hydrogen) atoms. The molecule has 1 aliphatic rings. The number of halogens is 2. The first kappa shape index (κ1) is 21.4. The lowest BCUT2D eigenvalue weighted by Gasteiger charge is -2.45. The van der Waals surface area contributed by atoms with Crippen LogP contribution >= 0.6 is 23.2 Å². The number of alkyl halides is 2. The predicted octanol–water partition coefficient (Wildman–Crippen LogP) is 4.44. The van der Waals surface area contributed by atoms with E-state index in [0.717, 1.165) is 10.4 Å². The normalized spacial score (nSPS) is 20.4. The van der Waals surface area contributed by atoms with Gasteiger partial charge in [-0.3, -0.25) is 4.79 Å². The van der Waals surface area contributed by atoms with Gasteiger partial charge in [-0.25, -0.2) is 0 Å². The molecule has 1 aliphatic heterocycles. The number of carbonyl (C=O) groups excluding carboxylic acids is 1. The summed E-state index contributed by atoms with van der Waals surface area (Å²) in [5, 5.41) is 2.15. The van der Waals surface area contributed by atoms with Crippen LogP contribution in [0.15, 0.2) is 60.7 Å². The molecule has 150 valence electrons. The van der Waals surface area contributed by atoms with E-state index >= 15 is 0 Å². The van der Waals surface area contributed by atoms with Crippen molar-refractivity contribution >= 4 is 47.9 Å². The molecule has 0 radical (unpaired) electrons. The molecule has 2 aromatic rings. The molecule has 0 aliphatic carbocycles. The van der Waals surface area contributed by atoms with E-state index in [4.69, 9.17) is 32.4 Å². The molecule has 0 bridgehead atoms. The van der Waals surface area contributed by atoms with Crippen LogP contribution in [0.3, 0.4) is 0 Å². The number of carbonyl (C=O) groups is 1. The Kier molecular flexibility index (Phi) is 6.25. The molecule has 1 atom stereocenters. The van der Waals surface area contributed by atoms with Gasteiger partial charge < -0.3 is 9.16 Å². The van der Waals surface area contributed by atoms with Gasteiger partial charge in [0.25, 0.3) is 8.32 Å². The molecule has 0 spiro atoms. The standard InChI is InChI=1S/C22H26Cl2O3Si/c1-21(2,3)28(17-10-6-4-7-11-17,18-12-8-5-9-13-18)26-16-22(20(23)24)15-14-19(25)27-22/h4-13,20H,14-16H2,1-3H3/t22-/m0/s1. The Balaban J connectivity index is 2.10. The summed E-state index contributed by atoms with van der Waals surface area (Å²) in [6.07, 6.45) is 0.766. The highest BCUT2D eigenvalue weighted by atomic mass is 35.5. The summed E-state index contributed by atoms with van der Waals surface area (Å²) < 4.78 is 12.4. The first-order valence-corrected chi connectivity index (χ1v) is 12.2. The van der Waals surface area contributed by atoms with Gasteiger partial charge in [0.1, 0.15) is 4.84 Å². The van der Waals surface area contributed by atoms with Crippen LogP contribution in [-0.4, -0.2) is 31.3 Å². The molecule has 3 rings (SSSR count). The SMILES string of the molecule is CC(C)(C)[Si](OC[C@]1(C(Cl)Cl)CCC(=O)O1)(c1ccccc1)c1ccccc1. The zero-order valence-corrected chi connectivity index (χ0v) is 19.0. The summed E-state index contributed by atoms with van der Waals surface area (Å²) in [4.78, 5) is 11.0. The fraction of sp³-hybridized carbons (Fsp3) is 0.409. The molecular weight excluding hydrogens is 411 g/mol. The number of benzene rings is 2. The van der Waals surface area contributed by atoms with Crippen molar-refractivity contribution in [2.75, 3.05) is 6.61 Å². The number of hydrogen-bond donors (Lipinski definition) is 0. The van der Waals surface area contributed by atoms with E-state index in [1.165, 1.54) is 0 Å². The van der Waals surface area contributed by atoms with Gasteiger partial charge in [-0.15, -0.1) is 23.2 Å². The quantitative estimate of drug-likeness (QED) is 0.381. The average Bonchev–Trinajstić information content (AvgIpc) is 3.05. The Morgan fingerprint density at radius 1 is 1.04 bits per heavy atom. The minimum atomic E-state index is -2.74. The topological polar surface area (TPSA) is 35.5 Å². The van der Waals surface area contributed by atoms with Crippen molar-refractivity contribution in [2.24, 2.45) is 0 Å². The molecule has 3 nitrogen and oxygen atoms in total. The predicted molar refractivity (Wildman–Crippen MR) is 117 cm³/mol. The summed E-state index contributed by atoms with van der Waals surface area (Å²) in [6.45, 7) is 6.77. The van der Waals surface area contributed by atoms with Crippen molar-refractivity contribution in [1.29, 1.82) is 0 Å². The van der Waals surface area contributed by atoms with Gasteiger partial charge >= 0.3 is 5.97 Å². The zero-order chi connectivity index (χ0) is 20.4. The van der Waals surface area contributed by atoms with Crippen LogP contribution in [0, 0.1) is 0 Å². The monoisotopic (exact) mass is 436 g/mol. The highest BCUT2D eigenvalue weighted by Gasteiger charge is 2.54. The molecule has 0 amide bonds. The average molecular weight is 437 g/mol. The van der Waals surface area contributed by atoms with Gasteiger partial charge in [-0.2, -0.15) is 0 Å². The molecule has 0 N–H and O–H groups in total. The Morgan fingerprint density at radius 3 is 1.89 bits per heavy atom. The third kappa shape index (κ3) is 3.88. The Bertz CT molecular complexity index is 766. The van der Waals surface area contributed by atoms with Gasteiger partial charge in [0.15, 0.2) is 5.60 Å². The van der Waals surface area contributed by atoms with Crippen molar-refractivity contribution in [3.05, 3.63) is 60.7 Å². The summed E-state index contributed by atoms with van der Waals surface area (Å²) in [7, 11) is -2.74. The lowest BCUT2D eigenvalue weighted by molar-refractivity contribution is -0.149. The Hall–Kier alpha value is -1.33. The first-order chi connectivity index (χ1) is 13.2. The van der Waals surface area contributed by atoms with Crippen LogP contribution in [0.25, 0.3) is 0 Å². The summed E-state index contributed by atoms with van der Waals surface area (Å²) in [5.74, 6) is -0.280. The molecule has 6 heteroatoms. The van der Waals surface area contributed by atoms with E-state index in [2.05, 4.69) is 45.0 Å². The van der Waals surface area contributed by atoms with Crippen LogP contribution in [0.2, 0.25) is 5.04 Å². The Labute approximate surface area is 178 Å². The fourth-order valence-electron chi connectivity index (χ4n) is 3.95. The second kappa shape index (κ2) is 8.19. The van der Waals surface area contributed by atoms with Gasteiger partial charge in [0.2, 0.25) is 0 Å². The van der Waals surface area contributed by atoms with E-state index in [-0.39, 0.29) is 17.6 Å². The van der Waals surface area contributed by atoms with Gasteiger partial charge in [0.05, 0.1) is 6.61 Å². The maximum Gasteiger partial charge on any atom is 0.306 e. The van der Waals surface area contributed by atoms with E-state index in [1.54, 1.807) is 0 Å². The number of cyclic esters (lactones) is 1. The lowest BCUT2D eigenvalue weighted by atomic mass is 10.0. The lowest BCUT2D eigenvalue weighted by Crippen LogP contribution is -2.68. The molecule has 1 heterocycles. The first-order valence-electron chi connectivity index (χ1n) is 9.46. The minimum Gasteiger partial charge on any atom is -0.454 e. The summed E-state index contributed by atoms with van der Waals surface area (Å²) >= 11 is 12.5. The fourth-order valence-corrected chi connectivity index (χ4v) is 9.00. The van der Waals surface area contributed by atoms with E-state index in [1.807, 2.05) is 36.4 Å². The van der Waals surface area contributed by atoms with E-state index in [9.17, 15) is 4.79 Å². The summed E-state index contributed by atoms with van der Waals surface area (Å²) in [6, 6.07) is 20.6. The zero-order valence-electron chi connectivity index (χ0n) is 16.5. The molecular formula is C22H26Cl2O3Si. The van der Waals surface area contributed by atoms with Gasteiger partial charge in [-0.1, -0.05) is 81.4 Å². The van der Waals surface area contributed by atoms with Crippen LogP contribution in [-0.2, 0) is 14.0 Å². The third-order valence-corrected chi connectivity index (χ3v) is 11.2. The Morgan fingerprint density at radius 2 is 1.54 bits per heavy atom. The highest BCUT2D eigenvalue weighted by Crippen LogP contribution is 2.41. The van der Waals surface area contributed by atoms with E-state index < -0.39 is 18.8 Å². The second-order valence-electron chi connectivity index (χ2n) is 8.29. The van der Waals surface area contributed by atoms with Crippen LogP contribution in [0.4, 0.5) is 0 Å². The minimum absolute atomic E-state index is 0.170. The molecule has 1 fully saturated rings. The molecule has 0 saturated carbocycles. The largest absolute Gasteiger partial charge is 0.454 e. The van der Waals surface area contributed by atoms with Crippen LogP contribution < -0.4 is 10.4 Å². The van der Waals surface area contributed by atoms with Crippen LogP contribution in [0.1, 0.15) is 33.6 Å². The highest BCUT2D eigenvalue weighted by molar-refractivity contribution is 6.99. The maximum absolute atomic E-state index is 11.8. The van der Waals surface area contributed by atoms with Crippen molar-refractivity contribution in [1.82, 2.24) is 0 Å². The van der Waals surface area contributed by atoms with Crippen molar-refractivity contribution in [3.63, 3.8) is 0 Å². The molecule has 2 aromatic carbocycles. The van der Waals surface area contributed by atoms with E-state index in [0.29, 0.717) is 12.8 Å². The number of hydrogen-bond acceptors (Lipinski definition) is 3. The molecule has 0 unspecified atom stereocenters. The molecule has 0 aromatic heterocycles. The van der Waals surface area contributed by atoms with Crippen LogP contribution in [0.5, 0.6) is 0 Å². The third-order valence-electron chi connectivity index (χ3n) is 5.42. The number of rotatable bonds is 6. The van der Waals surface area contributed by atoms with Crippen molar-refractivity contribution < 1.29 is 14.0 Å². The second-order valence-corrected chi connectivity index (χ2v) is 13.7. The number of ether oxygens (including phenoxy) is 1. The van der Waals surface area contributed by atoms with Crippen molar-refractivity contribution in [3.8, 4) is 0 Å². The maximum atomic E-state index is 11.8. The summed E-state index contributed by atoms with van der Waals surface area (Å²) in [5.41, 5.74) is -1.01.